The molecule has 0 atom stereocenters. The number of nitrogens with zero attached hydrogens (tertiary/aromatic N) is 1. The number of rotatable bonds is 9. The molecular formula is C15H23F2N3O2S. The van der Waals surface area contributed by atoms with Crippen LogP contribution in [-0.2, 0) is 6.54 Å². The Labute approximate surface area is 139 Å². The first-order chi connectivity index (χ1) is 11.1. The van der Waals surface area contributed by atoms with E-state index in [-0.39, 0.29) is 11.5 Å². The summed E-state index contributed by atoms with van der Waals surface area (Å²) in [5, 5.41) is 6.34. The lowest BCUT2D eigenvalue weighted by Crippen LogP contribution is -2.38. The Morgan fingerprint density at radius 1 is 1.30 bits per heavy atom. The second-order valence-electron chi connectivity index (χ2n) is 4.48. The van der Waals surface area contributed by atoms with Crippen LogP contribution in [0.2, 0.25) is 0 Å². The van der Waals surface area contributed by atoms with Crippen molar-refractivity contribution < 1.29 is 18.3 Å². The van der Waals surface area contributed by atoms with E-state index in [2.05, 4.69) is 20.4 Å². The first-order valence-electron chi connectivity index (χ1n) is 7.23. The summed E-state index contributed by atoms with van der Waals surface area (Å²) >= 11 is 1.74. The lowest BCUT2D eigenvalue weighted by molar-refractivity contribution is -0.0512. The van der Waals surface area contributed by atoms with Gasteiger partial charge in [-0.2, -0.15) is 20.5 Å². The average molecular weight is 347 g/mol. The van der Waals surface area contributed by atoms with Crippen LogP contribution < -0.4 is 20.1 Å². The van der Waals surface area contributed by atoms with Crippen molar-refractivity contribution in [2.75, 3.05) is 32.2 Å². The standard InChI is InChI=1S/C15H23F2N3O2S/c1-4-18-15(19-7-8-23-3)20-10-11-5-6-12(21-2)13(9-11)22-14(16)17/h5-6,9,14H,4,7-8,10H2,1-3H3,(H2,18,19,20). The Balaban J connectivity index is 2.78. The van der Waals surface area contributed by atoms with E-state index in [0.29, 0.717) is 12.5 Å². The van der Waals surface area contributed by atoms with Crippen molar-refractivity contribution >= 4 is 17.7 Å². The van der Waals surface area contributed by atoms with Crippen molar-refractivity contribution in [3.8, 4) is 11.5 Å². The first-order valence-corrected chi connectivity index (χ1v) is 8.63. The monoisotopic (exact) mass is 347 g/mol. The number of aliphatic imine (C=N–C) groups is 1. The number of guanidine groups is 1. The van der Waals surface area contributed by atoms with E-state index >= 15 is 0 Å². The third kappa shape index (κ3) is 7.40. The van der Waals surface area contributed by atoms with E-state index in [4.69, 9.17) is 4.74 Å². The van der Waals surface area contributed by atoms with E-state index in [9.17, 15) is 8.78 Å². The van der Waals surface area contributed by atoms with Crippen LogP contribution in [0.4, 0.5) is 8.78 Å². The maximum absolute atomic E-state index is 12.4. The van der Waals surface area contributed by atoms with Gasteiger partial charge in [0.2, 0.25) is 0 Å². The molecule has 0 aliphatic carbocycles. The largest absolute Gasteiger partial charge is 0.493 e. The predicted octanol–water partition coefficient (Wildman–Crippen LogP) is 2.71. The van der Waals surface area contributed by atoms with Crippen LogP contribution in [0.5, 0.6) is 11.5 Å². The van der Waals surface area contributed by atoms with Gasteiger partial charge in [-0.15, -0.1) is 0 Å². The van der Waals surface area contributed by atoms with Crippen molar-refractivity contribution in [2.24, 2.45) is 4.99 Å². The molecule has 0 spiro atoms. The summed E-state index contributed by atoms with van der Waals surface area (Å²) < 4.78 is 34.3. The molecular weight excluding hydrogens is 324 g/mol. The van der Waals surface area contributed by atoms with E-state index in [1.807, 2.05) is 13.2 Å². The molecule has 0 bridgehead atoms. The lowest BCUT2D eigenvalue weighted by Gasteiger charge is -2.12. The number of hydrogen-bond acceptors (Lipinski definition) is 4. The number of thioether (sulfide) groups is 1. The fourth-order valence-corrected chi connectivity index (χ4v) is 2.10. The minimum absolute atomic E-state index is 0.00976. The van der Waals surface area contributed by atoms with Gasteiger partial charge in [-0.05, 0) is 30.9 Å². The fraction of sp³-hybridized carbons (Fsp3) is 0.533. The summed E-state index contributed by atoms with van der Waals surface area (Å²) in [6, 6.07) is 4.88. The van der Waals surface area contributed by atoms with Crippen LogP contribution in [0, 0.1) is 0 Å². The topological polar surface area (TPSA) is 54.9 Å². The molecule has 0 radical (unpaired) electrons. The maximum Gasteiger partial charge on any atom is 0.387 e. The molecule has 2 N–H and O–H groups in total. The molecule has 0 aliphatic rings. The fourth-order valence-electron chi connectivity index (χ4n) is 1.79. The van der Waals surface area contributed by atoms with E-state index in [1.54, 1.807) is 23.9 Å². The van der Waals surface area contributed by atoms with E-state index < -0.39 is 6.61 Å². The third-order valence-electron chi connectivity index (χ3n) is 2.81. The molecule has 5 nitrogen and oxygen atoms in total. The van der Waals surface area contributed by atoms with E-state index in [0.717, 1.165) is 24.4 Å². The van der Waals surface area contributed by atoms with Crippen molar-refractivity contribution in [3.63, 3.8) is 0 Å². The Morgan fingerprint density at radius 3 is 2.70 bits per heavy atom. The van der Waals surface area contributed by atoms with E-state index in [1.165, 1.54) is 13.2 Å². The number of alkyl halides is 2. The molecule has 0 saturated heterocycles. The Hall–Kier alpha value is -1.70. The number of benzene rings is 1. The highest BCUT2D eigenvalue weighted by atomic mass is 32.2. The SMILES string of the molecule is CCNC(=NCc1ccc(OC)c(OC(F)F)c1)NCCSC. The molecule has 8 heteroatoms. The van der Waals surface area contributed by atoms with Gasteiger partial charge in [0.05, 0.1) is 13.7 Å². The summed E-state index contributed by atoms with van der Waals surface area (Å²) in [5.74, 6) is 1.94. The predicted molar refractivity (Wildman–Crippen MR) is 90.8 cm³/mol. The minimum atomic E-state index is -2.90. The second-order valence-corrected chi connectivity index (χ2v) is 5.46. The molecule has 0 fully saturated rings. The molecule has 0 aromatic heterocycles. The second kappa shape index (κ2) is 10.9. The molecule has 23 heavy (non-hydrogen) atoms. The maximum atomic E-state index is 12.4. The molecule has 1 aromatic carbocycles. The lowest BCUT2D eigenvalue weighted by atomic mass is 10.2. The normalized spacial score (nSPS) is 11.5. The summed E-state index contributed by atoms with van der Waals surface area (Å²) in [4.78, 5) is 4.43. The van der Waals surface area contributed by atoms with Gasteiger partial charge in [0, 0.05) is 18.8 Å². The highest BCUT2D eigenvalue weighted by Gasteiger charge is 2.11. The van der Waals surface area contributed by atoms with Crippen LogP contribution >= 0.6 is 11.8 Å². The first kappa shape index (κ1) is 19.3. The Bertz CT molecular complexity index is 502. The molecule has 0 unspecified atom stereocenters. The van der Waals surface area contributed by atoms with Gasteiger partial charge in [0.1, 0.15) is 0 Å². The van der Waals surface area contributed by atoms with Crippen LogP contribution in [0.25, 0.3) is 0 Å². The van der Waals surface area contributed by atoms with Gasteiger partial charge in [-0.3, -0.25) is 0 Å². The number of methoxy groups -OCH3 is 1. The molecule has 0 aliphatic heterocycles. The average Bonchev–Trinajstić information content (AvgIpc) is 2.52. The molecule has 130 valence electrons. The zero-order chi connectivity index (χ0) is 17.1. The van der Waals surface area contributed by atoms with Crippen molar-refractivity contribution in [1.82, 2.24) is 10.6 Å². The zero-order valence-corrected chi connectivity index (χ0v) is 14.4. The zero-order valence-electron chi connectivity index (χ0n) is 13.6. The molecule has 1 aromatic rings. The molecule has 0 saturated carbocycles. The summed E-state index contributed by atoms with van der Waals surface area (Å²) in [7, 11) is 1.41. The smallest absolute Gasteiger partial charge is 0.387 e. The summed E-state index contributed by atoms with van der Waals surface area (Å²) in [6.07, 6.45) is 2.04. The van der Waals surface area contributed by atoms with Crippen LogP contribution in [0.3, 0.4) is 0 Å². The Morgan fingerprint density at radius 2 is 2.09 bits per heavy atom. The number of ether oxygens (including phenoxy) is 2. The van der Waals surface area contributed by atoms with Crippen molar-refractivity contribution in [2.45, 2.75) is 20.1 Å². The highest BCUT2D eigenvalue weighted by molar-refractivity contribution is 7.98. The third-order valence-corrected chi connectivity index (χ3v) is 3.42. The van der Waals surface area contributed by atoms with Gasteiger partial charge in [-0.25, -0.2) is 4.99 Å². The molecule has 0 amide bonds. The highest BCUT2D eigenvalue weighted by Crippen LogP contribution is 2.29. The van der Waals surface area contributed by atoms with Gasteiger partial charge >= 0.3 is 6.61 Å². The van der Waals surface area contributed by atoms with Crippen LogP contribution in [0.15, 0.2) is 23.2 Å². The minimum Gasteiger partial charge on any atom is -0.493 e. The summed E-state index contributed by atoms with van der Waals surface area (Å²) in [6.45, 7) is 0.975. The Kier molecular flexibility index (Phi) is 9.20. The van der Waals surface area contributed by atoms with Crippen LogP contribution in [0.1, 0.15) is 12.5 Å². The van der Waals surface area contributed by atoms with Crippen molar-refractivity contribution in [3.05, 3.63) is 23.8 Å². The van der Waals surface area contributed by atoms with Gasteiger partial charge in [-0.1, -0.05) is 6.07 Å². The number of nitrogens with one attached hydrogen (secondary N) is 2. The van der Waals surface area contributed by atoms with Crippen molar-refractivity contribution in [1.29, 1.82) is 0 Å². The molecule has 0 heterocycles. The van der Waals surface area contributed by atoms with Gasteiger partial charge in [0.15, 0.2) is 17.5 Å². The molecule has 1 rings (SSSR count). The summed E-state index contributed by atoms with van der Waals surface area (Å²) in [5.41, 5.74) is 0.753. The number of hydrogen-bond donors (Lipinski definition) is 2. The quantitative estimate of drug-likeness (QED) is 0.409. The van der Waals surface area contributed by atoms with Gasteiger partial charge < -0.3 is 20.1 Å². The number of halogens is 2. The van der Waals surface area contributed by atoms with Gasteiger partial charge in [0.25, 0.3) is 0 Å². The van der Waals surface area contributed by atoms with Crippen LogP contribution in [-0.4, -0.2) is 44.8 Å².